The van der Waals surface area contributed by atoms with Crippen molar-refractivity contribution in [1.82, 2.24) is 4.72 Å². The van der Waals surface area contributed by atoms with Gasteiger partial charge in [-0.15, -0.1) is 0 Å². The Morgan fingerprint density at radius 2 is 1.61 bits per heavy atom. The molecule has 1 rings (SSSR count). The van der Waals surface area contributed by atoms with Crippen LogP contribution in [-0.4, -0.2) is 20.5 Å². The van der Waals surface area contributed by atoms with Crippen LogP contribution in [0.15, 0.2) is 17.0 Å². The molecule has 0 aliphatic carbocycles. The van der Waals surface area contributed by atoms with Crippen LogP contribution in [0.4, 0.5) is 0 Å². The van der Waals surface area contributed by atoms with Crippen molar-refractivity contribution in [1.29, 1.82) is 0 Å². The summed E-state index contributed by atoms with van der Waals surface area (Å²) >= 11 is 0. The topological polar surface area (TPSA) is 72.2 Å². The summed E-state index contributed by atoms with van der Waals surface area (Å²) in [6.45, 7) is 9.34. The summed E-state index contributed by atoms with van der Waals surface area (Å²) in [5.41, 5.74) is 7.80. The van der Waals surface area contributed by atoms with E-state index in [1.165, 1.54) is 0 Å². The van der Waals surface area contributed by atoms with Gasteiger partial charge in [0.2, 0.25) is 10.0 Å². The lowest BCUT2D eigenvalue weighted by atomic mass is 10.1. The van der Waals surface area contributed by atoms with Crippen LogP contribution in [0.2, 0.25) is 0 Å². The van der Waals surface area contributed by atoms with Gasteiger partial charge in [-0.1, -0.05) is 17.7 Å². The Morgan fingerprint density at radius 1 is 1.17 bits per heavy atom. The van der Waals surface area contributed by atoms with E-state index in [4.69, 9.17) is 5.73 Å². The monoisotopic (exact) mass is 270 g/mol. The number of sulfonamides is 1. The van der Waals surface area contributed by atoms with Gasteiger partial charge < -0.3 is 5.73 Å². The highest BCUT2D eigenvalue weighted by Gasteiger charge is 2.22. The van der Waals surface area contributed by atoms with Crippen molar-refractivity contribution in [2.75, 3.05) is 6.54 Å². The molecule has 0 aliphatic rings. The van der Waals surface area contributed by atoms with E-state index >= 15 is 0 Å². The van der Waals surface area contributed by atoms with Crippen LogP contribution in [0.5, 0.6) is 0 Å². The Kier molecular flexibility index (Phi) is 4.20. The zero-order valence-electron chi connectivity index (χ0n) is 11.7. The summed E-state index contributed by atoms with van der Waals surface area (Å²) in [7, 11) is -3.50. The van der Waals surface area contributed by atoms with Crippen molar-refractivity contribution in [2.45, 2.75) is 45.1 Å². The normalized spacial score (nSPS) is 12.8. The molecule has 0 fully saturated rings. The lowest BCUT2D eigenvalue weighted by Crippen LogP contribution is -2.45. The molecular weight excluding hydrogens is 248 g/mol. The molecule has 18 heavy (non-hydrogen) atoms. The lowest BCUT2D eigenvalue weighted by Gasteiger charge is -2.20. The van der Waals surface area contributed by atoms with Gasteiger partial charge in [-0.05, 0) is 45.7 Å². The Labute approximate surface area is 110 Å². The van der Waals surface area contributed by atoms with Gasteiger partial charge in [0, 0.05) is 12.1 Å². The molecule has 0 aliphatic heterocycles. The molecule has 0 saturated carbocycles. The molecule has 1 aromatic rings. The minimum atomic E-state index is -3.50. The van der Waals surface area contributed by atoms with Crippen LogP contribution < -0.4 is 10.5 Å². The van der Waals surface area contributed by atoms with Gasteiger partial charge in [0.1, 0.15) is 0 Å². The highest BCUT2D eigenvalue weighted by atomic mass is 32.2. The molecule has 0 aromatic heterocycles. The first-order valence-corrected chi connectivity index (χ1v) is 7.38. The van der Waals surface area contributed by atoms with E-state index in [2.05, 4.69) is 4.72 Å². The van der Waals surface area contributed by atoms with E-state index in [1.54, 1.807) is 13.8 Å². The third-order valence-corrected chi connectivity index (χ3v) is 4.30. The van der Waals surface area contributed by atoms with Crippen molar-refractivity contribution >= 4 is 10.0 Å². The number of hydrogen-bond donors (Lipinski definition) is 2. The standard InChI is InChI=1S/C13H22N2O2S/c1-9-6-10(2)12(11(3)7-9)18(16,17)15-8-13(4,5)14/h6-7,15H,8,14H2,1-5H3. The fourth-order valence-electron chi connectivity index (χ4n) is 1.94. The minimum Gasteiger partial charge on any atom is -0.324 e. The van der Waals surface area contributed by atoms with Gasteiger partial charge in [0.15, 0.2) is 0 Å². The molecule has 4 nitrogen and oxygen atoms in total. The number of nitrogens with one attached hydrogen (secondary N) is 1. The van der Waals surface area contributed by atoms with E-state index < -0.39 is 15.6 Å². The molecule has 0 radical (unpaired) electrons. The van der Waals surface area contributed by atoms with E-state index in [1.807, 2.05) is 32.9 Å². The molecule has 5 heteroatoms. The number of benzene rings is 1. The van der Waals surface area contributed by atoms with Crippen LogP contribution in [0.25, 0.3) is 0 Å². The summed E-state index contributed by atoms with van der Waals surface area (Å²) in [4.78, 5) is 0.359. The highest BCUT2D eigenvalue weighted by molar-refractivity contribution is 7.89. The number of rotatable bonds is 4. The quantitative estimate of drug-likeness (QED) is 0.873. The second-order valence-electron chi connectivity index (χ2n) is 5.54. The van der Waals surface area contributed by atoms with Crippen molar-refractivity contribution in [3.05, 3.63) is 28.8 Å². The third kappa shape index (κ3) is 3.80. The predicted molar refractivity (Wildman–Crippen MR) is 74.1 cm³/mol. The number of hydrogen-bond acceptors (Lipinski definition) is 3. The van der Waals surface area contributed by atoms with Crippen LogP contribution in [-0.2, 0) is 10.0 Å². The first-order valence-electron chi connectivity index (χ1n) is 5.89. The molecule has 0 saturated heterocycles. The average molecular weight is 270 g/mol. The molecule has 0 heterocycles. The SMILES string of the molecule is Cc1cc(C)c(S(=O)(=O)NCC(C)(C)N)c(C)c1. The van der Waals surface area contributed by atoms with Gasteiger partial charge in [0.25, 0.3) is 0 Å². The van der Waals surface area contributed by atoms with Gasteiger partial charge in [-0.25, -0.2) is 13.1 Å². The lowest BCUT2D eigenvalue weighted by molar-refractivity contribution is 0.497. The molecular formula is C13H22N2O2S. The number of nitrogens with two attached hydrogens (primary N) is 1. The smallest absolute Gasteiger partial charge is 0.241 e. The molecule has 0 amide bonds. The maximum absolute atomic E-state index is 12.3. The summed E-state index contributed by atoms with van der Waals surface area (Å²) in [6.07, 6.45) is 0. The summed E-state index contributed by atoms with van der Waals surface area (Å²) < 4.78 is 27.1. The summed E-state index contributed by atoms with van der Waals surface area (Å²) in [5, 5.41) is 0. The highest BCUT2D eigenvalue weighted by Crippen LogP contribution is 2.21. The Balaban J connectivity index is 3.14. The van der Waals surface area contributed by atoms with E-state index in [0.717, 1.165) is 16.7 Å². The molecule has 0 atom stereocenters. The van der Waals surface area contributed by atoms with Crippen molar-refractivity contribution < 1.29 is 8.42 Å². The third-order valence-electron chi connectivity index (χ3n) is 2.59. The largest absolute Gasteiger partial charge is 0.324 e. The maximum Gasteiger partial charge on any atom is 0.241 e. The summed E-state index contributed by atoms with van der Waals surface area (Å²) in [6, 6.07) is 3.74. The zero-order chi connectivity index (χ0) is 14.1. The molecule has 1 aromatic carbocycles. The van der Waals surface area contributed by atoms with E-state index in [9.17, 15) is 8.42 Å². The van der Waals surface area contributed by atoms with Crippen LogP contribution in [0.1, 0.15) is 30.5 Å². The maximum atomic E-state index is 12.3. The Bertz CT molecular complexity index is 520. The van der Waals surface area contributed by atoms with Crippen molar-refractivity contribution in [3.63, 3.8) is 0 Å². The average Bonchev–Trinajstić information content (AvgIpc) is 2.11. The molecule has 0 spiro atoms. The Morgan fingerprint density at radius 3 is 2.00 bits per heavy atom. The van der Waals surface area contributed by atoms with Crippen molar-refractivity contribution in [3.8, 4) is 0 Å². The zero-order valence-corrected chi connectivity index (χ0v) is 12.5. The van der Waals surface area contributed by atoms with E-state index in [0.29, 0.717) is 4.90 Å². The van der Waals surface area contributed by atoms with Crippen LogP contribution in [0.3, 0.4) is 0 Å². The second-order valence-corrected chi connectivity index (χ2v) is 7.24. The Hall–Kier alpha value is -0.910. The first-order chi connectivity index (χ1) is 8.03. The van der Waals surface area contributed by atoms with E-state index in [-0.39, 0.29) is 6.54 Å². The van der Waals surface area contributed by atoms with Gasteiger partial charge in [-0.2, -0.15) is 0 Å². The molecule has 0 unspecified atom stereocenters. The first kappa shape index (κ1) is 15.1. The molecule has 102 valence electrons. The van der Waals surface area contributed by atoms with Crippen LogP contribution >= 0.6 is 0 Å². The van der Waals surface area contributed by atoms with Crippen LogP contribution in [0, 0.1) is 20.8 Å². The van der Waals surface area contributed by atoms with Gasteiger partial charge >= 0.3 is 0 Å². The fourth-order valence-corrected chi connectivity index (χ4v) is 3.62. The summed E-state index contributed by atoms with van der Waals surface area (Å²) in [5.74, 6) is 0. The second kappa shape index (κ2) is 4.99. The minimum absolute atomic E-state index is 0.210. The van der Waals surface area contributed by atoms with Gasteiger partial charge in [-0.3, -0.25) is 0 Å². The fraction of sp³-hybridized carbons (Fsp3) is 0.538. The molecule has 0 bridgehead atoms. The van der Waals surface area contributed by atoms with Gasteiger partial charge in [0.05, 0.1) is 4.90 Å². The number of aryl methyl sites for hydroxylation is 3. The van der Waals surface area contributed by atoms with Crippen molar-refractivity contribution in [2.24, 2.45) is 5.73 Å². The predicted octanol–water partition coefficient (Wildman–Crippen LogP) is 1.63. The molecule has 3 N–H and O–H groups in total.